The van der Waals surface area contributed by atoms with Gasteiger partial charge in [-0.2, -0.15) is 0 Å². The average molecular weight is 749 g/mol. The van der Waals surface area contributed by atoms with Gasteiger partial charge in [-0.3, -0.25) is 9.59 Å². The summed E-state index contributed by atoms with van der Waals surface area (Å²) in [6, 6.07) is 14.6. The quantitative estimate of drug-likeness (QED) is 0.0561. The number of benzene rings is 3. The molecule has 0 spiro atoms. The van der Waals surface area contributed by atoms with Gasteiger partial charge in [-0.25, -0.2) is 14.4 Å². The van der Waals surface area contributed by atoms with Crippen molar-refractivity contribution >= 4 is 51.4 Å². The zero-order chi connectivity index (χ0) is 40.3. The van der Waals surface area contributed by atoms with Crippen LogP contribution >= 0.6 is 0 Å². The molecule has 0 saturated heterocycles. The molecule has 3 aromatic carbocycles. The van der Waals surface area contributed by atoms with Crippen LogP contribution in [0.5, 0.6) is 0 Å². The number of urea groups is 1. The topological polar surface area (TPSA) is 175 Å². The van der Waals surface area contributed by atoms with E-state index in [0.29, 0.717) is 25.8 Å². The van der Waals surface area contributed by atoms with Gasteiger partial charge in [0.2, 0.25) is 5.91 Å². The van der Waals surface area contributed by atoms with Gasteiger partial charge >= 0.3 is 23.9 Å². The number of hydrogen-bond acceptors (Lipinski definition) is 9. The van der Waals surface area contributed by atoms with Crippen molar-refractivity contribution in [3.05, 3.63) is 60.2 Å². The summed E-state index contributed by atoms with van der Waals surface area (Å²) >= 11 is 0. The molecule has 0 heterocycles. The molecule has 0 saturated carbocycles. The van der Waals surface area contributed by atoms with E-state index in [1.54, 1.807) is 62.3 Å². The Bertz CT molecular complexity index is 1720. The van der Waals surface area contributed by atoms with Crippen molar-refractivity contribution in [1.29, 1.82) is 0 Å². The standard InChI is InChI=1S/C42H60N4O8/c1-40(2,3)52-35(47)23-16-22-34(38(50)54-42(7,8)9)46-39(51)45-33(37(49)53-41(4,5)6)21-14-15-24-44-36(48)32(43)26-31-29-19-12-10-17-27(29)25-28-18-11-13-20-30(28)31/h10-13,17-20,25,32-34H,14-16,21-24,26,43H2,1-9H3,(H,44,48)(H2,45,46,51)/t32-,33-,34-/m0/s1. The molecule has 0 bridgehead atoms. The molecule has 0 aliphatic heterocycles. The summed E-state index contributed by atoms with van der Waals surface area (Å²) in [5.41, 5.74) is 5.17. The van der Waals surface area contributed by atoms with E-state index >= 15 is 0 Å². The Hall–Kier alpha value is -4.71. The third kappa shape index (κ3) is 15.0. The lowest BCUT2D eigenvalue weighted by molar-refractivity contribution is -0.159. The Morgan fingerprint density at radius 2 is 1.11 bits per heavy atom. The Labute approximate surface area is 319 Å². The minimum atomic E-state index is -1.09. The monoisotopic (exact) mass is 748 g/mol. The molecule has 12 heteroatoms. The van der Waals surface area contributed by atoms with Crippen molar-refractivity contribution in [3.63, 3.8) is 0 Å². The molecule has 0 aliphatic carbocycles. The van der Waals surface area contributed by atoms with E-state index in [4.69, 9.17) is 19.9 Å². The van der Waals surface area contributed by atoms with E-state index in [9.17, 15) is 24.0 Å². The Morgan fingerprint density at radius 1 is 0.648 bits per heavy atom. The van der Waals surface area contributed by atoms with Crippen molar-refractivity contribution in [3.8, 4) is 0 Å². The number of ether oxygens (including phenoxy) is 3. The highest BCUT2D eigenvalue weighted by Gasteiger charge is 2.31. The normalized spacial score (nSPS) is 13.7. The highest BCUT2D eigenvalue weighted by Crippen LogP contribution is 2.29. The number of amides is 3. The van der Waals surface area contributed by atoms with Gasteiger partial charge in [-0.1, -0.05) is 48.5 Å². The minimum Gasteiger partial charge on any atom is -0.460 e. The third-order valence-corrected chi connectivity index (χ3v) is 8.15. The zero-order valence-corrected chi connectivity index (χ0v) is 33.4. The van der Waals surface area contributed by atoms with Crippen LogP contribution in [0.4, 0.5) is 4.79 Å². The highest BCUT2D eigenvalue weighted by molar-refractivity contribution is 6.02. The third-order valence-electron chi connectivity index (χ3n) is 8.15. The van der Waals surface area contributed by atoms with Crippen LogP contribution in [0.2, 0.25) is 0 Å². The number of carbonyl (C=O) groups is 5. The first-order chi connectivity index (χ1) is 25.1. The van der Waals surface area contributed by atoms with E-state index in [0.717, 1.165) is 27.1 Å². The van der Waals surface area contributed by atoms with Gasteiger partial charge in [-0.15, -0.1) is 0 Å². The molecular weight excluding hydrogens is 688 g/mol. The first-order valence-corrected chi connectivity index (χ1v) is 18.8. The molecule has 5 N–H and O–H groups in total. The number of hydrogen-bond donors (Lipinski definition) is 4. The van der Waals surface area contributed by atoms with Gasteiger partial charge in [0, 0.05) is 13.0 Å². The van der Waals surface area contributed by atoms with E-state index in [2.05, 4.69) is 22.0 Å². The van der Waals surface area contributed by atoms with E-state index in [-0.39, 0.29) is 31.6 Å². The van der Waals surface area contributed by atoms with Crippen LogP contribution in [0, 0.1) is 0 Å². The minimum absolute atomic E-state index is 0.0436. The van der Waals surface area contributed by atoms with Crippen molar-refractivity contribution < 1.29 is 38.2 Å². The van der Waals surface area contributed by atoms with Crippen LogP contribution in [0.1, 0.15) is 106 Å². The Balaban J connectivity index is 1.59. The lowest BCUT2D eigenvalue weighted by atomic mass is 9.92. The van der Waals surface area contributed by atoms with Crippen LogP contribution < -0.4 is 21.7 Å². The average Bonchev–Trinajstić information content (AvgIpc) is 3.04. The maximum atomic E-state index is 13.3. The largest absolute Gasteiger partial charge is 0.460 e. The van der Waals surface area contributed by atoms with Gasteiger partial charge in [0.05, 0.1) is 6.04 Å². The summed E-state index contributed by atoms with van der Waals surface area (Å²) in [5, 5.41) is 12.5. The second-order valence-corrected chi connectivity index (χ2v) is 16.7. The Morgan fingerprint density at radius 3 is 1.59 bits per heavy atom. The molecule has 3 aromatic rings. The first kappa shape index (κ1) is 43.7. The highest BCUT2D eigenvalue weighted by atomic mass is 16.6. The molecule has 54 heavy (non-hydrogen) atoms. The van der Waals surface area contributed by atoms with Crippen LogP contribution in [0.15, 0.2) is 54.6 Å². The van der Waals surface area contributed by atoms with E-state index in [1.807, 2.05) is 48.5 Å². The molecule has 3 atom stereocenters. The fraction of sp³-hybridized carbons (Fsp3) is 0.548. The fourth-order valence-electron chi connectivity index (χ4n) is 5.90. The molecule has 3 rings (SSSR count). The summed E-state index contributed by atoms with van der Waals surface area (Å²) in [6.07, 6.45) is 1.94. The summed E-state index contributed by atoms with van der Waals surface area (Å²) in [5.74, 6) is -2.01. The molecule has 0 radical (unpaired) electrons. The van der Waals surface area contributed by atoms with Crippen LogP contribution in [0.25, 0.3) is 21.5 Å². The van der Waals surface area contributed by atoms with Gasteiger partial charge in [-0.05, 0) is 134 Å². The first-order valence-electron chi connectivity index (χ1n) is 18.8. The maximum Gasteiger partial charge on any atom is 0.329 e. The summed E-state index contributed by atoms with van der Waals surface area (Å²) in [7, 11) is 0. The molecule has 3 amide bonds. The second kappa shape index (κ2) is 19.1. The van der Waals surface area contributed by atoms with Crippen LogP contribution in [0.3, 0.4) is 0 Å². The number of carbonyl (C=O) groups excluding carboxylic acids is 5. The molecule has 0 unspecified atom stereocenters. The fourth-order valence-corrected chi connectivity index (χ4v) is 5.90. The molecular formula is C42H60N4O8. The number of nitrogens with two attached hydrogens (primary N) is 1. The number of nitrogens with one attached hydrogen (secondary N) is 3. The van der Waals surface area contributed by atoms with E-state index in [1.165, 1.54) is 0 Å². The smallest absolute Gasteiger partial charge is 0.329 e. The van der Waals surface area contributed by atoms with Crippen molar-refractivity contribution in [2.45, 2.75) is 142 Å². The predicted molar refractivity (Wildman–Crippen MR) is 211 cm³/mol. The second-order valence-electron chi connectivity index (χ2n) is 16.7. The molecule has 0 aromatic heterocycles. The summed E-state index contributed by atoms with van der Waals surface area (Å²) < 4.78 is 16.5. The van der Waals surface area contributed by atoms with Crippen LogP contribution in [-0.4, -0.2) is 71.3 Å². The van der Waals surface area contributed by atoms with Gasteiger partial charge in [0.25, 0.3) is 0 Å². The van der Waals surface area contributed by atoms with Crippen molar-refractivity contribution in [1.82, 2.24) is 16.0 Å². The number of rotatable bonds is 16. The SMILES string of the molecule is CC(C)(C)OC(=O)CCC[C@H](NC(=O)N[C@@H](CCCCNC(=O)[C@@H](N)Cc1c2ccccc2cc2ccccc12)C(=O)OC(C)(C)C)C(=O)OC(C)(C)C. The molecule has 296 valence electrons. The lowest BCUT2D eigenvalue weighted by Gasteiger charge is -2.27. The predicted octanol–water partition coefficient (Wildman–Crippen LogP) is 6.38. The van der Waals surface area contributed by atoms with E-state index < -0.39 is 58.9 Å². The zero-order valence-electron chi connectivity index (χ0n) is 33.4. The number of unbranched alkanes of at least 4 members (excludes halogenated alkanes) is 1. The van der Waals surface area contributed by atoms with Crippen LogP contribution in [-0.2, 0) is 39.8 Å². The number of esters is 3. The maximum absolute atomic E-state index is 13.3. The van der Waals surface area contributed by atoms with Gasteiger partial charge in [0.1, 0.15) is 28.9 Å². The summed E-state index contributed by atoms with van der Waals surface area (Å²) in [6.45, 7) is 15.9. The van der Waals surface area contributed by atoms with Gasteiger partial charge in [0.15, 0.2) is 0 Å². The summed E-state index contributed by atoms with van der Waals surface area (Å²) in [4.78, 5) is 64.9. The molecule has 12 nitrogen and oxygen atoms in total. The van der Waals surface area contributed by atoms with Crippen molar-refractivity contribution in [2.75, 3.05) is 6.54 Å². The van der Waals surface area contributed by atoms with Crippen molar-refractivity contribution in [2.24, 2.45) is 5.73 Å². The Kier molecular flexibility index (Phi) is 15.4. The molecule has 0 fully saturated rings. The van der Waals surface area contributed by atoms with Gasteiger partial charge < -0.3 is 35.9 Å². The lowest BCUT2D eigenvalue weighted by Crippen LogP contribution is -2.53. The number of fused-ring (bicyclic) bond motifs is 2. The molecule has 0 aliphatic rings.